The Bertz CT molecular complexity index is 633. The van der Waals surface area contributed by atoms with Crippen molar-refractivity contribution in [1.29, 1.82) is 0 Å². The molecule has 116 valence electrons. The first-order chi connectivity index (χ1) is 9.87. The van der Waals surface area contributed by atoms with Gasteiger partial charge in [0.2, 0.25) is 0 Å². The van der Waals surface area contributed by atoms with Crippen LogP contribution in [-0.4, -0.2) is 50.2 Å². The van der Waals surface area contributed by atoms with Gasteiger partial charge in [0.15, 0.2) is 15.6 Å². The van der Waals surface area contributed by atoms with Gasteiger partial charge in [-0.3, -0.25) is 4.79 Å². The summed E-state index contributed by atoms with van der Waals surface area (Å²) in [7, 11) is -2.91. The summed E-state index contributed by atoms with van der Waals surface area (Å²) in [4.78, 5) is 14.2. The second-order valence-electron chi connectivity index (χ2n) is 5.14. The van der Waals surface area contributed by atoms with Gasteiger partial charge in [0.25, 0.3) is 0 Å². The average Bonchev–Trinajstić information content (AvgIpc) is 2.57. The summed E-state index contributed by atoms with van der Waals surface area (Å²) in [5.74, 6) is 0.413. The van der Waals surface area contributed by atoms with Crippen molar-refractivity contribution in [2.75, 3.05) is 31.1 Å². The van der Waals surface area contributed by atoms with Gasteiger partial charge in [-0.05, 0) is 31.2 Å². The fourth-order valence-corrected chi connectivity index (χ4v) is 4.41. The van der Waals surface area contributed by atoms with Crippen LogP contribution in [0.2, 0.25) is 5.02 Å². The molecule has 0 amide bonds. The molecule has 0 saturated carbocycles. The molecule has 4 nitrogen and oxygen atoms in total. The maximum atomic E-state index is 12.2. The van der Waals surface area contributed by atoms with Crippen LogP contribution in [0.15, 0.2) is 22.7 Å². The normalized spacial score (nSPS) is 19.1. The summed E-state index contributed by atoms with van der Waals surface area (Å²) < 4.78 is 23.9. The van der Waals surface area contributed by atoms with E-state index >= 15 is 0 Å². The van der Waals surface area contributed by atoms with E-state index in [9.17, 15) is 13.2 Å². The maximum absolute atomic E-state index is 12.2. The molecule has 21 heavy (non-hydrogen) atoms. The minimum atomic E-state index is -2.91. The molecule has 1 saturated heterocycles. The largest absolute Gasteiger partial charge is 0.302 e. The first kappa shape index (κ1) is 16.9. The third-order valence-electron chi connectivity index (χ3n) is 3.53. The zero-order chi connectivity index (χ0) is 15.5. The smallest absolute Gasteiger partial charge is 0.165 e. The highest BCUT2D eigenvalue weighted by atomic mass is 79.9. The van der Waals surface area contributed by atoms with Gasteiger partial charge < -0.3 is 4.90 Å². The van der Waals surface area contributed by atoms with E-state index in [2.05, 4.69) is 15.9 Å². The summed E-state index contributed by atoms with van der Waals surface area (Å²) >= 11 is 9.37. The molecule has 7 heteroatoms. The van der Waals surface area contributed by atoms with Crippen LogP contribution in [0.25, 0.3) is 0 Å². The molecule has 0 N–H and O–H groups in total. The van der Waals surface area contributed by atoms with E-state index in [1.54, 1.807) is 18.2 Å². The Morgan fingerprint density at radius 2 is 2.05 bits per heavy atom. The molecule has 1 aromatic rings. The highest BCUT2D eigenvalue weighted by Gasteiger charge is 2.20. The Kier molecular flexibility index (Phi) is 5.82. The van der Waals surface area contributed by atoms with Crippen molar-refractivity contribution in [3.05, 3.63) is 33.3 Å². The van der Waals surface area contributed by atoms with E-state index in [0.29, 0.717) is 36.5 Å². The summed E-state index contributed by atoms with van der Waals surface area (Å²) in [5.41, 5.74) is 0.516. The maximum Gasteiger partial charge on any atom is 0.165 e. The van der Waals surface area contributed by atoms with Crippen molar-refractivity contribution < 1.29 is 13.2 Å². The predicted molar refractivity (Wildman–Crippen MR) is 87.8 cm³/mol. The van der Waals surface area contributed by atoms with E-state index in [1.165, 1.54) is 0 Å². The highest BCUT2D eigenvalue weighted by Crippen LogP contribution is 2.22. The van der Waals surface area contributed by atoms with Gasteiger partial charge >= 0.3 is 0 Å². The Morgan fingerprint density at radius 1 is 1.29 bits per heavy atom. The van der Waals surface area contributed by atoms with Gasteiger partial charge in [-0.25, -0.2) is 8.42 Å². The Balaban J connectivity index is 1.92. The SMILES string of the molecule is O=C(CCN1CCCS(=O)(=O)CC1)c1ccc(Br)cc1Cl. The number of hydrogen-bond acceptors (Lipinski definition) is 4. The number of benzene rings is 1. The summed E-state index contributed by atoms with van der Waals surface area (Å²) in [6.07, 6.45) is 0.983. The number of carbonyl (C=O) groups is 1. The van der Waals surface area contributed by atoms with Crippen LogP contribution in [0.1, 0.15) is 23.2 Å². The minimum Gasteiger partial charge on any atom is -0.302 e. The highest BCUT2D eigenvalue weighted by molar-refractivity contribution is 9.10. The topological polar surface area (TPSA) is 54.5 Å². The van der Waals surface area contributed by atoms with Gasteiger partial charge in [-0.15, -0.1) is 0 Å². The molecular weight excluding hydrogens is 378 g/mol. The molecule has 0 atom stereocenters. The van der Waals surface area contributed by atoms with Crippen molar-refractivity contribution in [2.24, 2.45) is 0 Å². The molecule has 0 radical (unpaired) electrons. The van der Waals surface area contributed by atoms with Gasteiger partial charge in [0.05, 0.1) is 16.5 Å². The first-order valence-corrected chi connectivity index (χ1v) is 9.78. The fourth-order valence-electron chi connectivity index (χ4n) is 2.32. The summed E-state index contributed by atoms with van der Waals surface area (Å²) in [5, 5.41) is 0.438. The van der Waals surface area contributed by atoms with Crippen LogP contribution in [0.5, 0.6) is 0 Å². The third kappa shape index (κ3) is 5.06. The molecule has 0 spiro atoms. The fraction of sp³-hybridized carbons (Fsp3) is 0.500. The number of ketones is 1. The molecule has 0 aliphatic carbocycles. The van der Waals surface area contributed by atoms with E-state index in [-0.39, 0.29) is 17.3 Å². The number of hydrogen-bond donors (Lipinski definition) is 0. The van der Waals surface area contributed by atoms with Gasteiger partial charge in [-0.2, -0.15) is 0 Å². The van der Waals surface area contributed by atoms with Crippen LogP contribution < -0.4 is 0 Å². The van der Waals surface area contributed by atoms with E-state index in [1.807, 2.05) is 4.90 Å². The van der Waals surface area contributed by atoms with Crippen molar-refractivity contribution in [2.45, 2.75) is 12.8 Å². The predicted octanol–water partition coefficient (Wildman–Crippen LogP) is 2.80. The van der Waals surface area contributed by atoms with Crippen molar-refractivity contribution in [3.8, 4) is 0 Å². The number of halogens is 2. The zero-order valence-corrected chi connectivity index (χ0v) is 14.7. The van der Waals surface area contributed by atoms with Crippen LogP contribution >= 0.6 is 27.5 Å². The number of Topliss-reactive ketones (excluding diaryl/α,β-unsaturated/α-hetero) is 1. The Morgan fingerprint density at radius 3 is 2.76 bits per heavy atom. The second kappa shape index (κ2) is 7.22. The minimum absolute atomic E-state index is 0.0143. The molecule has 1 aliphatic heterocycles. The van der Waals surface area contributed by atoms with E-state index in [0.717, 1.165) is 11.0 Å². The molecule has 2 rings (SSSR count). The first-order valence-electron chi connectivity index (χ1n) is 6.78. The summed E-state index contributed by atoms with van der Waals surface area (Å²) in [6, 6.07) is 5.20. The lowest BCUT2D eigenvalue weighted by Crippen LogP contribution is -2.29. The lowest BCUT2D eigenvalue weighted by Gasteiger charge is -2.18. The van der Waals surface area contributed by atoms with Gasteiger partial charge in [0.1, 0.15) is 0 Å². The number of nitrogens with zero attached hydrogens (tertiary/aromatic N) is 1. The number of rotatable bonds is 4. The molecule has 1 aliphatic rings. The zero-order valence-electron chi connectivity index (χ0n) is 11.5. The lowest BCUT2D eigenvalue weighted by atomic mass is 10.1. The molecule has 0 aromatic heterocycles. The summed E-state index contributed by atoms with van der Waals surface area (Å²) in [6.45, 7) is 1.80. The van der Waals surface area contributed by atoms with Crippen molar-refractivity contribution in [1.82, 2.24) is 4.90 Å². The van der Waals surface area contributed by atoms with Crippen LogP contribution in [0.4, 0.5) is 0 Å². The Labute approximate surface area is 138 Å². The van der Waals surface area contributed by atoms with E-state index in [4.69, 9.17) is 11.6 Å². The standard InChI is InChI=1S/C14H17BrClNO3S/c15-11-2-3-12(13(16)10-11)14(18)4-6-17-5-1-8-21(19,20)9-7-17/h2-3,10H,1,4-9H2. The quantitative estimate of drug-likeness (QED) is 0.737. The molecule has 1 fully saturated rings. The van der Waals surface area contributed by atoms with E-state index < -0.39 is 9.84 Å². The second-order valence-corrected chi connectivity index (χ2v) is 8.77. The number of carbonyl (C=O) groups excluding carboxylic acids is 1. The van der Waals surface area contributed by atoms with Crippen molar-refractivity contribution in [3.63, 3.8) is 0 Å². The van der Waals surface area contributed by atoms with Crippen LogP contribution in [0, 0.1) is 0 Å². The molecular formula is C14H17BrClNO3S. The van der Waals surface area contributed by atoms with Crippen molar-refractivity contribution >= 4 is 43.2 Å². The third-order valence-corrected chi connectivity index (χ3v) is 6.06. The molecule has 0 unspecified atom stereocenters. The molecule has 1 aromatic carbocycles. The monoisotopic (exact) mass is 393 g/mol. The average molecular weight is 395 g/mol. The number of sulfone groups is 1. The van der Waals surface area contributed by atoms with Crippen LogP contribution in [-0.2, 0) is 9.84 Å². The Hall–Kier alpha value is -0.430. The van der Waals surface area contributed by atoms with Gasteiger partial charge in [-0.1, -0.05) is 27.5 Å². The molecule has 1 heterocycles. The van der Waals surface area contributed by atoms with Gasteiger partial charge in [0, 0.05) is 29.5 Å². The molecule has 0 bridgehead atoms. The lowest BCUT2D eigenvalue weighted by molar-refractivity contribution is 0.0966. The van der Waals surface area contributed by atoms with Crippen LogP contribution in [0.3, 0.4) is 0 Å².